The predicted octanol–water partition coefficient (Wildman–Crippen LogP) is 12.8. The lowest BCUT2D eigenvalue weighted by Crippen LogP contribution is -2.29. The normalized spacial score (nSPS) is 14.0. The van der Waals surface area contributed by atoms with Crippen molar-refractivity contribution in [2.45, 2.75) is 58.6 Å². The molecular weight excluding hydrogens is 1350 g/mol. The van der Waals surface area contributed by atoms with Crippen LogP contribution in [0.4, 0.5) is 47.3 Å². The molecule has 12 aromatic rings. The maximum atomic E-state index is 14.2. The van der Waals surface area contributed by atoms with E-state index in [0.29, 0.717) is 85.6 Å². The van der Waals surface area contributed by atoms with Crippen LogP contribution in [0, 0.1) is 12.7 Å². The highest BCUT2D eigenvalue weighted by Crippen LogP contribution is 2.40. The number of methoxy groups -OCH3 is 4. The van der Waals surface area contributed by atoms with Crippen LogP contribution in [0.1, 0.15) is 51.3 Å². The Morgan fingerprint density at radius 3 is 1.60 bits per heavy atom. The fourth-order valence-electron chi connectivity index (χ4n) is 12.6. The van der Waals surface area contributed by atoms with Crippen LogP contribution in [0.15, 0.2) is 159 Å². The predicted molar refractivity (Wildman–Crippen MR) is 400 cm³/mol. The van der Waals surface area contributed by atoms with Gasteiger partial charge in [0.15, 0.2) is 0 Å². The van der Waals surface area contributed by atoms with Crippen molar-refractivity contribution in [2.75, 3.05) is 115 Å². The third-order valence-corrected chi connectivity index (χ3v) is 17.9. The summed E-state index contributed by atoms with van der Waals surface area (Å²) in [6.45, 7) is 5.30. The molecule has 25 nitrogen and oxygen atoms in total. The van der Waals surface area contributed by atoms with Crippen LogP contribution < -0.4 is 44.1 Å². The van der Waals surface area contributed by atoms with Crippen molar-refractivity contribution in [1.82, 2.24) is 64.1 Å². The van der Waals surface area contributed by atoms with Gasteiger partial charge >= 0.3 is 0 Å². The minimum Gasteiger partial charge on any atom is -0.497 e. The van der Waals surface area contributed by atoms with Crippen molar-refractivity contribution in [2.24, 2.45) is 19.8 Å². The average molecular weight is 1440 g/mol. The Morgan fingerprint density at radius 2 is 1.10 bits per heavy atom. The van der Waals surface area contributed by atoms with Crippen LogP contribution in [0.5, 0.6) is 28.7 Å². The molecule has 105 heavy (non-hydrogen) atoms. The standard InChI is InChI=1S/C31H36F2N6O3.C23H25N5O3.C22H23FN6O2.CH4/c1-40-25-14-24(15-26(17-25)41-2)38(11-5-10-37-12-9-31(32,33)21-37)23-7-8-27-28(16-23)36-29(19-34-27)22-18-35-39(20-22)30-6-3-4-13-42-30;1-15-22(10-18(30-3)11-23(15)31-4)28(7-8-29)17-5-6-19-20(9-17)26-21(13-24-19)16-12-25-27(2)14-16;1-28-14-15(12-26-28)22-13-25-20-3-2-17(11-21(20)27-22)29(5-4-24)18-8-16(23)9-19(10-18)31-7-6-30;/h7-8,14-20,30H,3-6,9-13,21H2,1-2H3;5-6,9-14,29H,7-8H2,1-4H3;2-3,8-14,30H,4-7,24H2,1H3;1H4. The van der Waals surface area contributed by atoms with E-state index in [4.69, 9.17) is 54.2 Å². The van der Waals surface area contributed by atoms with Crippen molar-refractivity contribution in [3.63, 3.8) is 0 Å². The Morgan fingerprint density at radius 1 is 0.571 bits per heavy atom. The molecule has 0 bridgehead atoms. The van der Waals surface area contributed by atoms with Crippen LogP contribution in [0.25, 0.3) is 66.9 Å². The van der Waals surface area contributed by atoms with E-state index in [1.165, 1.54) is 12.1 Å². The van der Waals surface area contributed by atoms with Crippen LogP contribution in [0.3, 0.4) is 0 Å². The van der Waals surface area contributed by atoms with E-state index < -0.39 is 11.7 Å². The topological polar surface area (TPSA) is 266 Å². The van der Waals surface area contributed by atoms with E-state index in [9.17, 15) is 18.3 Å². The van der Waals surface area contributed by atoms with E-state index in [2.05, 4.69) is 35.1 Å². The third-order valence-electron chi connectivity index (χ3n) is 17.9. The Hall–Kier alpha value is -11.0. The van der Waals surface area contributed by atoms with Gasteiger partial charge in [-0.05, 0) is 93.3 Å². The van der Waals surface area contributed by atoms with Gasteiger partial charge < -0.3 is 59.1 Å². The number of benzene rings is 6. The first-order chi connectivity index (χ1) is 50.5. The van der Waals surface area contributed by atoms with E-state index >= 15 is 0 Å². The smallest absolute Gasteiger partial charge is 0.261 e. The lowest BCUT2D eigenvalue weighted by molar-refractivity contribution is -0.0394. The van der Waals surface area contributed by atoms with Gasteiger partial charge in [0.1, 0.15) is 47.4 Å². The van der Waals surface area contributed by atoms with Gasteiger partial charge in [0, 0.05) is 178 Å². The Bertz CT molecular complexity index is 4880. The monoisotopic (exact) mass is 1440 g/mol. The first kappa shape index (κ1) is 75.1. The molecule has 0 aliphatic carbocycles. The Kier molecular flexibility index (Phi) is 24.7. The lowest BCUT2D eigenvalue weighted by Gasteiger charge is -2.27. The van der Waals surface area contributed by atoms with Gasteiger partial charge in [-0.3, -0.25) is 29.2 Å². The molecule has 0 spiro atoms. The molecule has 8 heterocycles. The highest BCUT2D eigenvalue weighted by molar-refractivity contribution is 5.86. The lowest BCUT2D eigenvalue weighted by atomic mass is 10.1. The van der Waals surface area contributed by atoms with Crippen LogP contribution >= 0.6 is 0 Å². The highest BCUT2D eigenvalue weighted by atomic mass is 19.3. The molecule has 14 rings (SSSR count). The summed E-state index contributed by atoms with van der Waals surface area (Å²) < 4.78 is 80.4. The Labute approximate surface area is 607 Å². The zero-order valence-corrected chi connectivity index (χ0v) is 59.1. The largest absolute Gasteiger partial charge is 0.497 e. The molecule has 2 saturated heterocycles. The molecule has 550 valence electrons. The molecule has 2 aliphatic rings. The zero-order chi connectivity index (χ0) is 72.9. The summed E-state index contributed by atoms with van der Waals surface area (Å²) in [4.78, 5) is 36.1. The number of rotatable bonds is 25. The van der Waals surface area contributed by atoms with Crippen LogP contribution in [0.2, 0.25) is 0 Å². The number of halogens is 3. The summed E-state index contributed by atoms with van der Waals surface area (Å²) in [5.74, 6) is 0.0221. The van der Waals surface area contributed by atoms with Crippen molar-refractivity contribution in [3.05, 3.63) is 170 Å². The molecule has 2 fully saturated rings. The van der Waals surface area contributed by atoms with Crippen molar-refractivity contribution < 1.29 is 51.8 Å². The molecule has 0 saturated carbocycles. The number of anilines is 6. The third kappa shape index (κ3) is 18.3. The number of nitrogens with zero attached hydrogens (tertiary/aromatic N) is 16. The number of hydrogen-bond donors (Lipinski definition) is 3. The van der Waals surface area contributed by atoms with E-state index in [0.717, 1.165) is 121 Å². The number of aromatic nitrogens is 12. The summed E-state index contributed by atoms with van der Waals surface area (Å²) in [7, 11) is 10.2. The van der Waals surface area contributed by atoms with Gasteiger partial charge in [0.05, 0.1) is 141 Å². The summed E-state index contributed by atoms with van der Waals surface area (Å²) >= 11 is 0. The number of aryl methyl sites for hydroxylation is 2. The maximum absolute atomic E-state index is 14.2. The number of likely N-dealkylation sites (tertiary alicyclic amines) is 1. The second kappa shape index (κ2) is 34.5. The Balaban J connectivity index is 0.000000160. The van der Waals surface area contributed by atoms with Crippen molar-refractivity contribution in [1.29, 1.82) is 0 Å². The first-order valence-corrected chi connectivity index (χ1v) is 34.2. The molecule has 1 unspecified atom stereocenters. The second-order valence-corrected chi connectivity index (χ2v) is 25.1. The van der Waals surface area contributed by atoms with Crippen LogP contribution in [-0.2, 0) is 18.8 Å². The molecule has 0 radical (unpaired) electrons. The number of hydrogen-bond acceptors (Lipinski definition) is 22. The van der Waals surface area contributed by atoms with Crippen molar-refractivity contribution >= 4 is 67.2 Å². The molecule has 6 aromatic heterocycles. The number of aliphatic hydroxyl groups is 2. The molecule has 28 heteroatoms. The van der Waals surface area contributed by atoms with Crippen LogP contribution in [-0.4, -0.2) is 181 Å². The fraction of sp³-hybridized carbons (Fsp3) is 0.338. The molecule has 2 aliphatic heterocycles. The maximum Gasteiger partial charge on any atom is 0.261 e. The minimum absolute atomic E-state index is 0. The highest BCUT2D eigenvalue weighted by Gasteiger charge is 2.38. The summed E-state index contributed by atoms with van der Waals surface area (Å²) in [5.41, 5.74) is 21.1. The van der Waals surface area contributed by atoms with Crippen molar-refractivity contribution in [3.8, 4) is 62.5 Å². The van der Waals surface area contributed by atoms with Gasteiger partial charge in [0.2, 0.25) is 0 Å². The molecule has 1 atom stereocenters. The number of alkyl halides is 2. The number of aliphatic hydroxyl groups excluding tert-OH is 2. The minimum atomic E-state index is -2.60. The molecule has 0 amide bonds. The van der Waals surface area contributed by atoms with E-state index in [1.54, 1.807) is 81.1 Å². The second-order valence-electron chi connectivity index (χ2n) is 25.1. The van der Waals surface area contributed by atoms with Gasteiger partial charge in [-0.25, -0.2) is 32.8 Å². The van der Waals surface area contributed by atoms with Gasteiger partial charge in [-0.15, -0.1) is 0 Å². The molecule has 6 aromatic carbocycles. The summed E-state index contributed by atoms with van der Waals surface area (Å²) in [6.07, 6.45) is 20.0. The number of ether oxygens (including phenoxy) is 6. The first-order valence-electron chi connectivity index (χ1n) is 34.2. The van der Waals surface area contributed by atoms with Gasteiger partial charge in [0.25, 0.3) is 5.92 Å². The number of nitrogens with two attached hydrogens (primary N) is 1. The SMILES string of the molecule is C.COc1cc(OC)c(C)c(N(CCO)c2ccc3ncc(-c4cnn(C)c4)nc3c2)c1.COc1cc(OC)cc(N(CCCN2CCC(F)(F)C2)c2ccc3ncc(-c4cnn(C5CCCCO5)c4)nc3c2)c1.Cn1cc(-c2cnc3ccc(N(CCN)c4cc(F)cc(OCCO)c4)cc3n2)cn1. The summed E-state index contributed by atoms with van der Waals surface area (Å²) in [6, 6.07) is 31.4. The van der Waals surface area contributed by atoms with E-state index in [-0.39, 0.29) is 46.4 Å². The quantitative estimate of drug-likeness (QED) is 0.0480. The summed E-state index contributed by atoms with van der Waals surface area (Å²) in [5, 5.41) is 31.7. The average Bonchev–Trinajstić information content (AvgIpc) is 1.78. The zero-order valence-electron chi connectivity index (χ0n) is 59.1. The number of fused-ring (bicyclic) bond motifs is 3. The molecular formula is C77H88F3N17O8. The fourth-order valence-corrected chi connectivity index (χ4v) is 12.6. The van der Waals surface area contributed by atoms with Gasteiger partial charge in [-0.2, -0.15) is 15.3 Å². The van der Waals surface area contributed by atoms with Gasteiger partial charge in [-0.1, -0.05) is 7.43 Å². The molecule has 4 N–H and O–H groups in total. The van der Waals surface area contributed by atoms with E-state index in [1.807, 2.05) is 144 Å².